The molecule has 0 unspecified atom stereocenters. The highest BCUT2D eigenvalue weighted by Crippen LogP contribution is 1.86. The molecule has 1 radical (unpaired) electrons. The largest absolute Gasteiger partial charge is 0.399 e. The smallest absolute Gasteiger partial charge is 0.393 e. The van der Waals surface area contributed by atoms with E-state index in [1.807, 2.05) is 20.9 Å². The van der Waals surface area contributed by atoms with Crippen molar-refractivity contribution in [3.63, 3.8) is 0 Å². The molecule has 0 saturated carbocycles. The van der Waals surface area contributed by atoms with E-state index in [1.165, 1.54) is 0 Å². The summed E-state index contributed by atoms with van der Waals surface area (Å²) >= 11 is 0. The van der Waals surface area contributed by atoms with Crippen molar-refractivity contribution >= 4 is 9.28 Å². The average molecular weight is 162 g/mol. The summed E-state index contributed by atoms with van der Waals surface area (Å²) in [5.74, 6) is 0. The SMILES string of the molecule is CCO[Si](CNC)OCC. The van der Waals surface area contributed by atoms with Crippen molar-refractivity contribution in [3.8, 4) is 0 Å². The van der Waals surface area contributed by atoms with Gasteiger partial charge in [0, 0.05) is 19.4 Å². The first-order valence-electron chi connectivity index (χ1n) is 3.61. The summed E-state index contributed by atoms with van der Waals surface area (Å²) in [6.45, 7) is 5.46. The van der Waals surface area contributed by atoms with Crippen molar-refractivity contribution in [3.05, 3.63) is 0 Å². The second kappa shape index (κ2) is 7.21. The molecule has 0 rings (SSSR count). The van der Waals surface area contributed by atoms with Crippen molar-refractivity contribution in [2.24, 2.45) is 0 Å². The van der Waals surface area contributed by atoms with Crippen LogP contribution in [0.1, 0.15) is 13.8 Å². The molecule has 0 aliphatic carbocycles. The third kappa shape index (κ3) is 4.93. The summed E-state index contributed by atoms with van der Waals surface area (Å²) in [6, 6.07) is 0. The fourth-order valence-electron chi connectivity index (χ4n) is 0.610. The summed E-state index contributed by atoms with van der Waals surface area (Å²) in [5, 5.41) is 3.03. The molecule has 1 N–H and O–H groups in total. The highest BCUT2D eigenvalue weighted by Gasteiger charge is 2.11. The number of hydrogen-bond donors (Lipinski definition) is 1. The number of rotatable bonds is 6. The van der Waals surface area contributed by atoms with E-state index in [2.05, 4.69) is 5.32 Å². The van der Waals surface area contributed by atoms with E-state index in [9.17, 15) is 0 Å². The second-order valence-corrected chi connectivity index (χ2v) is 3.44. The fraction of sp³-hybridized carbons (Fsp3) is 1.00. The van der Waals surface area contributed by atoms with Gasteiger partial charge in [-0.3, -0.25) is 0 Å². The van der Waals surface area contributed by atoms with Crippen LogP contribution in [0.25, 0.3) is 0 Å². The predicted molar refractivity (Wildman–Crippen MR) is 42.9 cm³/mol. The Bertz CT molecular complexity index is 58.5. The lowest BCUT2D eigenvalue weighted by atomic mass is 10.9. The first kappa shape index (κ1) is 10.1. The molecule has 0 spiro atoms. The predicted octanol–water partition coefficient (Wildman–Crippen LogP) is 0.306. The Labute approximate surface area is 64.6 Å². The lowest BCUT2D eigenvalue weighted by Crippen LogP contribution is -2.34. The summed E-state index contributed by atoms with van der Waals surface area (Å²) in [4.78, 5) is 0. The van der Waals surface area contributed by atoms with E-state index in [0.717, 1.165) is 19.4 Å². The van der Waals surface area contributed by atoms with E-state index in [0.29, 0.717) is 0 Å². The lowest BCUT2D eigenvalue weighted by molar-refractivity contribution is 0.212. The van der Waals surface area contributed by atoms with Crippen LogP contribution in [-0.2, 0) is 8.85 Å². The molecule has 0 aliphatic heterocycles. The van der Waals surface area contributed by atoms with Crippen LogP contribution in [0.5, 0.6) is 0 Å². The van der Waals surface area contributed by atoms with E-state index in [4.69, 9.17) is 8.85 Å². The van der Waals surface area contributed by atoms with Gasteiger partial charge in [0.25, 0.3) is 0 Å². The van der Waals surface area contributed by atoms with Crippen LogP contribution >= 0.6 is 0 Å². The van der Waals surface area contributed by atoms with Gasteiger partial charge in [-0.15, -0.1) is 0 Å². The van der Waals surface area contributed by atoms with Gasteiger partial charge in [-0.1, -0.05) is 0 Å². The number of hydrogen-bond acceptors (Lipinski definition) is 3. The quantitative estimate of drug-likeness (QED) is 0.570. The first-order chi connectivity index (χ1) is 4.85. The van der Waals surface area contributed by atoms with Crippen molar-refractivity contribution < 1.29 is 8.85 Å². The Morgan fingerprint density at radius 3 is 2.00 bits per heavy atom. The van der Waals surface area contributed by atoms with Crippen LogP contribution in [0.15, 0.2) is 0 Å². The second-order valence-electron chi connectivity index (χ2n) is 1.77. The van der Waals surface area contributed by atoms with E-state index < -0.39 is 9.28 Å². The third-order valence-corrected chi connectivity index (χ3v) is 2.80. The van der Waals surface area contributed by atoms with Crippen LogP contribution in [-0.4, -0.2) is 35.7 Å². The zero-order chi connectivity index (χ0) is 7.82. The summed E-state index contributed by atoms with van der Waals surface area (Å²) < 4.78 is 10.7. The standard InChI is InChI=1S/C6H16NO2Si/c1-4-8-10(6-7-3)9-5-2/h7H,4-6H2,1-3H3. The van der Waals surface area contributed by atoms with Gasteiger partial charge in [0.1, 0.15) is 0 Å². The normalized spacial score (nSPS) is 10.8. The summed E-state index contributed by atoms with van der Waals surface area (Å²) in [7, 11) is 0.897. The summed E-state index contributed by atoms with van der Waals surface area (Å²) in [6.07, 6.45) is 0.854. The molecule has 0 aromatic heterocycles. The molecule has 61 valence electrons. The van der Waals surface area contributed by atoms with Gasteiger partial charge in [-0.05, 0) is 20.9 Å². The van der Waals surface area contributed by atoms with Crippen molar-refractivity contribution in [1.82, 2.24) is 5.32 Å². The maximum absolute atomic E-state index is 5.34. The minimum absolute atomic E-state index is 0.746. The molecule has 0 bridgehead atoms. The van der Waals surface area contributed by atoms with Crippen molar-refractivity contribution in [2.75, 3.05) is 26.4 Å². The Hall–Kier alpha value is 0.0969. The molecule has 0 aliphatic rings. The maximum atomic E-state index is 5.34. The van der Waals surface area contributed by atoms with Gasteiger partial charge in [0.05, 0.1) is 0 Å². The summed E-state index contributed by atoms with van der Waals surface area (Å²) in [5.41, 5.74) is 0. The lowest BCUT2D eigenvalue weighted by Gasteiger charge is -2.11. The van der Waals surface area contributed by atoms with Crippen LogP contribution in [0.3, 0.4) is 0 Å². The molecule has 0 atom stereocenters. The van der Waals surface area contributed by atoms with Crippen molar-refractivity contribution in [2.45, 2.75) is 13.8 Å². The van der Waals surface area contributed by atoms with Gasteiger partial charge >= 0.3 is 9.28 Å². The van der Waals surface area contributed by atoms with Gasteiger partial charge in [0.15, 0.2) is 0 Å². The third-order valence-electron chi connectivity index (χ3n) is 0.932. The molecule has 0 aromatic rings. The van der Waals surface area contributed by atoms with Crippen LogP contribution in [0, 0.1) is 0 Å². The Morgan fingerprint density at radius 2 is 1.70 bits per heavy atom. The van der Waals surface area contributed by atoms with E-state index in [1.54, 1.807) is 0 Å². The molecule has 0 aromatic carbocycles. The van der Waals surface area contributed by atoms with Crippen LogP contribution < -0.4 is 5.32 Å². The van der Waals surface area contributed by atoms with Crippen LogP contribution in [0.2, 0.25) is 0 Å². The van der Waals surface area contributed by atoms with E-state index >= 15 is 0 Å². The zero-order valence-corrected chi connectivity index (χ0v) is 7.94. The van der Waals surface area contributed by atoms with E-state index in [-0.39, 0.29) is 0 Å². The Morgan fingerprint density at radius 1 is 1.20 bits per heavy atom. The van der Waals surface area contributed by atoms with Crippen molar-refractivity contribution in [1.29, 1.82) is 0 Å². The van der Waals surface area contributed by atoms with Gasteiger partial charge in [0.2, 0.25) is 0 Å². The molecule has 10 heavy (non-hydrogen) atoms. The van der Waals surface area contributed by atoms with Gasteiger partial charge in [-0.2, -0.15) is 0 Å². The molecule has 3 nitrogen and oxygen atoms in total. The molecular formula is C6H16NO2Si. The van der Waals surface area contributed by atoms with Gasteiger partial charge in [-0.25, -0.2) is 0 Å². The fourth-order valence-corrected chi connectivity index (χ4v) is 1.83. The highest BCUT2D eigenvalue weighted by atomic mass is 28.3. The van der Waals surface area contributed by atoms with Gasteiger partial charge < -0.3 is 14.2 Å². The molecule has 0 amide bonds. The minimum atomic E-state index is -1.01. The molecule has 4 heteroatoms. The topological polar surface area (TPSA) is 30.5 Å². The Kier molecular flexibility index (Phi) is 7.28. The number of nitrogens with one attached hydrogen (secondary N) is 1. The molecule has 0 fully saturated rings. The first-order valence-corrected chi connectivity index (χ1v) is 5.13. The zero-order valence-electron chi connectivity index (χ0n) is 6.94. The minimum Gasteiger partial charge on any atom is -0.393 e. The molecular weight excluding hydrogens is 146 g/mol. The molecule has 0 saturated heterocycles. The monoisotopic (exact) mass is 162 g/mol. The van der Waals surface area contributed by atoms with Crippen LogP contribution in [0.4, 0.5) is 0 Å². The molecule has 0 heterocycles. The highest BCUT2D eigenvalue weighted by molar-refractivity contribution is 6.44. The Balaban J connectivity index is 3.30. The maximum Gasteiger partial charge on any atom is 0.399 e. The average Bonchev–Trinajstić information content (AvgIpc) is 1.90.